The van der Waals surface area contributed by atoms with Gasteiger partial charge in [-0.2, -0.15) is 0 Å². The Morgan fingerprint density at radius 1 is 1.27 bits per heavy atom. The van der Waals surface area contributed by atoms with Crippen LogP contribution in [0.15, 0.2) is 53.5 Å². The van der Waals surface area contributed by atoms with Crippen LogP contribution in [0, 0.1) is 6.92 Å². The van der Waals surface area contributed by atoms with Gasteiger partial charge in [0, 0.05) is 12.2 Å². The third-order valence-electron chi connectivity index (χ3n) is 3.15. The predicted molar refractivity (Wildman–Crippen MR) is 94.9 cm³/mol. The average molecular weight is 362 g/mol. The van der Waals surface area contributed by atoms with E-state index < -0.39 is 0 Å². The highest BCUT2D eigenvalue weighted by Crippen LogP contribution is 2.36. The topological polar surface area (TPSA) is 30.5 Å². The number of methoxy groups -OCH3 is 1. The zero-order valence-electron chi connectivity index (χ0n) is 12.9. The number of halogens is 1. The lowest BCUT2D eigenvalue weighted by Crippen LogP contribution is -2.02. The van der Waals surface area contributed by atoms with Crippen molar-refractivity contribution in [1.82, 2.24) is 0 Å². The van der Waals surface area contributed by atoms with E-state index >= 15 is 0 Å². The Morgan fingerprint density at radius 2 is 2.09 bits per heavy atom. The van der Waals surface area contributed by atoms with Crippen molar-refractivity contribution in [1.29, 1.82) is 0 Å². The first-order valence-electron chi connectivity index (χ1n) is 7.04. The fraction of sp³-hybridized carbons (Fsp3) is 0.222. The largest absolute Gasteiger partial charge is 0.493 e. The Hall–Kier alpha value is -1.94. The van der Waals surface area contributed by atoms with Crippen LogP contribution in [0.4, 0.5) is 5.69 Å². The van der Waals surface area contributed by atoms with Gasteiger partial charge in [-0.3, -0.25) is 0 Å². The van der Waals surface area contributed by atoms with Gasteiger partial charge in [0.2, 0.25) is 0 Å². The number of hydrogen-bond acceptors (Lipinski definition) is 3. The Morgan fingerprint density at radius 3 is 2.77 bits per heavy atom. The average Bonchev–Trinajstić information content (AvgIpc) is 2.51. The van der Waals surface area contributed by atoms with Crippen LogP contribution >= 0.6 is 15.9 Å². The summed E-state index contributed by atoms with van der Waals surface area (Å²) in [7, 11) is 1.64. The minimum atomic E-state index is 0.440. The molecule has 0 atom stereocenters. The molecule has 2 aromatic rings. The lowest BCUT2D eigenvalue weighted by molar-refractivity contribution is 0.324. The number of ether oxygens (including phenoxy) is 2. The second kappa shape index (κ2) is 7.90. The molecule has 2 rings (SSSR count). The summed E-state index contributed by atoms with van der Waals surface area (Å²) in [5, 5.41) is 3.41. The molecule has 1 N–H and O–H groups in total. The molecule has 4 heteroatoms. The number of nitrogens with one attached hydrogen (secondary N) is 1. The van der Waals surface area contributed by atoms with Crippen molar-refractivity contribution in [2.24, 2.45) is 0 Å². The summed E-state index contributed by atoms with van der Waals surface area (Å²) in [6.07, 6.45) is 1.71. The molecule has 0 saturated carbocycles. The Kier molecular flexibility index (Phi) is 5.90. The standard InChI is InChI=1S/C18H20BrNO2/c1-4-8-22-18-16(19)10-14(11-17(18)21-3)12-20-15-7-5-6-13(2)9-15/h4-7,9-11,20H,1,8,12H2,2-3H3. The molecule has 0 aliphatic carbocycles. The van der Waals surface area contributed by atoms with Crippen molar-refractivity contribution in [3.05, 3.63) is 64.7 Å². The van der Waals surface area contributed by atoms with Crippen molar-refractivity contribution in [3.8, 4) is 11.5 Å². The predicted octanol–water partition coefficient (Wildman–Crippen LogP) is 4.94. The van der Waals surface area contributed by atoms with E-state index in [1.54, 1.807) is 13.2 Å². The molecule has 0 heterocycles. The normalized spacial score (nSPS) is 10.1. The smallest absolute Gasteiger partial charge is 0.175 e. The third-order valence-corrected chi connectivity index (χ3v) is 3.74. The molecule has 0 unspecified atom stereocenters. The Balaban J connectivity index is 2.14. The quantitative estimate of drug-likeness (QED) is 0.708. The fourth-order valence-corrected chi connectivity index (χ4v) is 2.72. The van der Waals surface area contributed by atoms with Crippen LogP contribution < -0.4 is 14.8 Å². The molecule has 2 aromatic carbocycles. The van der Waals surface area contributed by atoms with Gasteiger partial charge < -0.3 is 14.8 Å². The van der Waals surface area contributed by atoms with Gasteiger partial charge in [-0.05, 0) is 58.2 Å². The summed E-state index contributed by atoms with van der Waals surface area (Å²) in [4.78, 5) is 0. The van der Waals surface area contributed by atoms with Crippen LogP contribution in [0.2, 0.25) is 0 Å². The number of rotatable bonds is 7. The number of benzene rings is 2. The van der Waals surface area contributed by atoms with Crippen molar-refractivity contribution in [2.75, 3.05) is 19.0 Å². The molecule has 0 bridgehead atoms. The van der Waals surface area contributed by atoms with Gasteiger partial charge in [0.05, 0.1) is 11.6 Å². The van der Waals surface area contributed by atoms with Crippen LogP contribution in [0.1, 0.15) is 11.1 Å². The van der Waals surface area contributed by atoms with E-state index in [1.165, 1.54) is 5.56 Å². The Bertz CT molecular complexity index is 656. The molecule has 0 saturated heterocycles. The van der Waals surface area contributed by atoms with E-state index in [0.717, 1.165) is 15.7 Å². The summed E-state index contributed by atoms with van der Waals surface area (Å²) in [5.41, 5.74) is 3.44. The molecule has 0 fully saturated rings. The number of hydrogen-bond donors (Lipinski definition) is 1. The first-order valence-corrected chi connectivity index (χ1v) is 7.84. The van der Waals surface area contributed by atoms with Crippen molar-refractivity contribution in [2.45, 2.75) is 13.5 Å². The maximum Gasteiger partial charge on any atom is 0.175 e. The van der Waals surface area contributed by atoms with Gasteiger partial charge in [-0.25, -0.2) is 0 Å². The van der Waals surface area contributed by atoms with Gasteiger partial charge in [0.15, 0.2) is 11.5 Å². The molecule has 0 aliphatic rings. The van der Waals surface area contributed by atoms with Crippen LogP contribution in [0.5, 0.6) is 11.5 Å². The molecule has 0 spiro atoms. The first-order chi connectivity index (χ1) is 10.6. The highest BCUT2D eigenvalue weighted by Gasteiger charge is 2.11. The summed E-state index contributed by atoms with van der Waals surface area (Å²) >= 11 is 3.54. The van der Waals surface area contributed by atoms with Crippen LogP contribution in [-0.4, -0.2) is 13.7 Å². The minimum Gasteiger partial charge on any atom is -0.493 e. The Labute approximate surface area is 140 Å². The van der Waals surface area contributed by atoms with Gasteiger partial charge in [0.1, 0.15) is 6.61 Å². The SMILES string of the molecule is C=CCOc1c(Br)cc(CNc2cccc(C)c2)cc1OC. The molecule has 116 valence electrons. The highest BCUT2D eigenvalue weighted by atomic mass is 79.9. The zero-order valence-corrected chi connectivity index (χ0v) is 14.4. The van der Waals surface area contributed by atoms with E-state index in [0.29, 0.717) is 24.7 Å². The van der Waals surface area contributed by atoms with Crippen LogP contribution in [-0.2, 0) is 6.54 Å². The summed E-state index contributed by atoms with van der Waals surface area (Å²) in [6, 6.07) is 12.3. The number of anilines is 1. The lowest BCUT2D eigenvalue weighted by atomic mass is 10.2. The second-order valence-electron chi connectivity index (χ2n) is 4.93. The maximum absolute atomic E-state index is 5.63. The van der Waals surface area contributed by atoms with Crippen molar-refractivity contribution < 1.29 is 9.47 Å². The first kappa shape index (κ1) is 16.4. The van der Waals surface area contributed by atoms with E-state index in [9.17, 15) is 0 Å². The summed E-state index contributed by atoms with van der Waals surface area (Å²) < 4.78 is 11.9. The van der Waals surface area contributed by atoms with Gasteiger partial charge in [-0.15, -0.1) is 0 Å². The lowest BCUT2D eigenvalue weighted by Gasteiger charge is -2.14. The fourth-order valence-electron chi connectivity index (χ4n) is 2.12. The minimum absolute atomic E-state index is 0.440. The molecule has 3 nitrogen and oxygen atoms in total. The summed E-state index contributed by atoms with van der Waals surface area (Å²) in [6.45, 7) is 6.89. The van der Waals surface area contributed by atoms with Crippen LogP contribution in [0.3, 0.4) is 0 Å². The zero-order chi connectivity index (χ0) is 15.9. The van der Waals surface area contributed by atoms with E-state index in [4.69, 9.17) is 9.47 Å². The van der Waals surface area contributed by atoms with Crippen LogP contribution in [0.25, 0.3) is 0 Å². The molecule has 0 amide bonds. The monoisotopic (exact) mass is 361 g/mol. The second-order valence-corrected chi connectivity index (χ2v) is 5.79. The van der Waals surface area contributed by atoms with E-state index in [1.807, 2.05) is 18.2 Å². The van der Waals surface area contributed by atoms with Crippen molar-refractivity contribution in [3.63, 3.8) is 0 Å². The molecule has 0 aliphatic heterocycles. The number of aryl methyl sites for hydroxylation is 1. The molecular weight excluding hydrogens is 342 g/mol. The van der Waals surface area contributed by atoms with E-state index in [-0.39, 0.29) is 0 Å². The van der Waals surface area contributed by atoms with Gasteiger partial charge in [0.25, 0.3) is 0 Å². The molecule has 0 aromatic heterocycles. The van der Waals surface area contributed by atoms with Gasteiger partial charge >= 0.3 is 0 Å². The maximum atomic E-state index is 5.63. The van der Waals surface area contributed by atoms with Gasteiger partial charge in [-0.1, -0.05) is 24.8 Å². The van der Waals surface area contributed by atoms with Crippen molar-refractivity contribution >= 4 is 21.6 Å². The highest BCUT2D eigenvalue weighted by molar-refractivity contribution is 9.10. The molecule has 22 heavy (non-hydrogen) atoms. The third kappa shape index (κ3) is 4.28. The summed E-state index contributed by atoms with van der Waals surface area (Å²) in [5.74, 6) is 1.40. The van der Waals surface area contributed by atoms with E-state index in [2.05, 4.69) is 52.9 Å². The molecular formula is C18H20BrNO2. The molecule has 0 radical (unpaired) electrons.